The standard InChI is InChI=1S/C22H22N2O3/c1-14-8-9-15(2)22(16(14)3)27-13-21(26)24-23-12-19-18-7-5-4-6-17(18)10-11-20(19)25/h4-12,25H,13H2,1-3H3,(H,24,26)/b23-12+. The van der Waals surface area contributed by atoms with Gasteiger partial charge in [-0.2, -0.15) is 5.10 Å². The first-order valence-electron chi connectivity index (χ1n) is 8.69. The van der Waals surface area contributed by atoms with Crippen LogP contribution in [0.3, 0.4) is 0 Å². The van der Waals surface area contributed by atoms with Crippen LogP contribution in [0.1, 0.15) is 22.3 Å². The van der Waals surface area contributed by atoms with Gasteiger partial charge in [-0.1, -0.05) is 42.5 Å². The topological polar surface area (TPSA) is 70.9 Å². The summed E-state index contributed by atoms with van der Waals surface area (Å²) >= 11 is 0. The number of phenols is 1. The second kappa shape index (κ2) is 7.91. The van der Waals surface area contributed by atoms with Gasteiger partial charge in [0.25, 0.3) is 5.91 Å². The molecule has 2 N–H and O–H groups in total. The maximum absolute atomic E-state index is 12.1. The first-order chi connectivity index (χ1) is 13.0. The maximum atomic E-state index is 12.1. The van der Waals surface area contributed by atoms with Gasteiger partial charge in [-0.3, -0.25) is 4.79 Å². The van der Waals surface area contributed by atoms with Gasteiger partial charge in [0.05, 0.1) is 6.21 Å². The van der Waals surface area contributed by atoms with Crippen molar-refractivity contribution in [2.24, 2.45) is 5.10 Å². The molecule has 0 aromatic heterocycles. The van der Waals surface area contributed by atoms with E-state index in [0.29, 0.717) is 5.56 Å². The highest BCUT2D eigenvalue weighted by Gasteiger charge is 2.09. The van der Waals surface area contributed by atoms with Crippen molar-refractivity contribution in [1.82, 2.24) is 5.43 Å². The molecular formula is C22H22N2O3. The molecule has 0 unspecified atom stereocenters. The molecule has 27 heavy (non-hydrogen) atoms. The van der Waals surface area contributed by atoms with Crippen LogP contribution in [0.25, 0.3) is 10.8 Å². The fourth-order valence-corrected chi connectivity index (χ4v) is 2.91. The van der Waals surface area contributed by atoms with Crippen LogP contribution in [-0.2, 0) is 4.79 Å². The number of hydrazone groups is 1. The summed E-state index contributed by atoms with van der Waals surface area (Å²) in [4.78, 5) is 12.1. The van der Waals surface area contributed by atoms with E-state index >= 15 is 0 Å². The first kappa shape index (κ1) is 18.5. The third-order valence-electron chi connectivity index (χ3n) is 4.55. The zero-order valence-electron chi connectivity index (χ0n) is 15.6. The molecule has 5 heteroatoms. The van der Waals surface area contributed by atoms with E-state index in [2.05, 4.69) is 10.5 Å². The predicted molar refractivity (Wildman–Crippen MR) is 107 cm³/mol. The van der Waals surface area contributed by atoms with Crippen LogP contribution < -0.4 is 10.2 Å². The van der Waals surface area contributed by atoms with Gasteiger partial charge >= 0.3 is 0 Å². The van der Waals surface area contributed by atoms with Gasteiger partial charge in [-0.25, -0.2) is 5.43 Å². The Morgan fingerprint density at radius 2 is 1.81 bits per heavy atom. The van der Waals surface area contributed by atoms with Crippen LogP contribution in [0, 0.1) is 20.8 Å². The van der Waals surface area contributed by atoms with E-state index in [1.54, 1.807) is 6.07 Å². The Balaban J connectivity index is 1.67. The molecule has 0 aliphatic rings. The molecule has 0 aliphatic carbocycles. The van der Waals surface area contributed by atoms with Crippen LogP contribution in [0.5, 0.6) is 11.5 Å². The number of nitrogens with zero attached hydrogens (tertiary/aromatic N) is 1. The number of carbonyl (C=O) groups is 1. The second-order valence-corrected chi connectivity index (χ2v) is 6.45. The van der Waals surface area contributed by atoms with Crippen LogP contribution in [0.15, 0.2) is 53.6 Å². The SMILES string of the molecule is Cc1ccc(C)c(OCC(=O)N/N=C/c2c(O)ccc3ccccc23)c1C. The summed E-state index contributed by atoms with van der Waals surface area (Å²) in [5.41, 5.74) is 6.11. The molecule has 0 atom stereocenters. The number of hydrogen-bond acceptors (Lipinski definition) is 4. The normalized spacial score (nSPS) is 11.1. The number of benzene rings is 3. The highest BCUT2D eigenvalue weighted by Crippen LogP contribution is 2.26. The molecule has 0 aliphatic heterocycles. The van der Waals surface area contributed by atoms with Gasteiger partial charge in [0.2, 0.25) is 0 Å². The van der Waals surface area contributed by atoms with E-state index in [4.69, 9.17) is 4.74 Å². The molecule has 0 heterocycles. The summed E-state index contributed by atoms with van der Waals surface area (Å²) in [6.07, 6.45) is 1.44. The fraction of sp³-hybridized carbons (Fsp3) is 0.182. The lowest BCUT2D eigenvalue weighted by Gasteiger charge is -2.13. The molecule has 0 saturated heterocycles. The Labute approximate surface area is 158 Å². The number of carbonyl (C=O) groups excluding carboxylic acids is 1. The number of amides is 1. The predicted octanol–water partition coefficient (Wildman–Crippen LogP) is 4.00. The van der Waals surface area contributed by atoms with Crippen LogP contribution >= 0.6 is 0 Å². The van der Waals surface area contributed by atoms with Gasteiger partial charge in [0, 0.05) is 5.56 Å². The Morgan fingerprint density at radius 1 is 1.07 bits per heavy atom. The third kappa shape index (κ3) is 4.08. The van der Waals surface area contributed by atoms with Crippen molar-refractivity contribution >= 4 is 22.9 Å². The number of nitrogens with one attached hydrogen (secondary N) is 1. The van der Waals surface area contributed by atoms with Gasteiger partial charge in [0.1, 0.15) is 11.5 Å². The van der Waals surface area contributed by atoms with Gasteiger partial charge in [0.15, 0.2) is 6.61 Å². The molecule has 5 nitrogen and oxygen atoms in total. The average Bonchev–Trinajstić information content (AvgIpc) is 2.66. The molecule has 0 saturated carbocycles. The van der Waals surface area contributed by atoms with Crippen LogP contribution in [0.4, 0.5) is 0 Å². The zero-order chi connectivity index (χ0) is 19.4. The van der Waals surface area contributed by atoms with Crippen LogP contribution in [0.2, 0.25) is 0 Å². The number of hydrogen-bond donors (Lipinski definition) is 2. The molecule has 3 aromatic rings. The molecular weight excluding hydrogens is 340 g/mol. The second-order valence-electron chi connectivity index (χ2n) is 6.45. The minimum Gasteiger partial charge on any atom is -0.507 e. The minimum absolute atomic E-state index is 0.106. The molecule has 1 amide bonds. The number of ether oxygens (including phenoxy) is 1. The van der Waals surface area contributed by atoms with Crippen LogP contribution in [-0.4, -0.2) is 23.8 Å². The molecule has 138 valence electrons. The van der Waals surface area contributed by atoms with E-state index in [-0.39, 0.29) is 18.3 Å². The Morgan fingerprint density at radius 3 is 2.63 bits per heavy atom. The maximum Gasteiger partial charge on any atom is 0.277 e. The number of phenolic OH excluding ortho intramolecular Hbond substituents is 1. The van der Waals surface area contributed by atoms with Gasteiger partial charge < -0.3 is 9.84 Å². The highest BCUT2D eigenvalue weighted by atomic mass is 16.5. The van der Waals surface area contributed by atoms with Crippen molar-refractivity contribution in [3.05, 3.63) is 70.8 Å². The zero-order valence-corrected chi connectivity index (χ0v) is 15.6. The number of aromatic hydroxyl groups is 1. The lowest BCUT2D eigenvalue weighted by atomic mass is 10.0. The van der Waals surface area contributed by atoms with Gasteiger partial charge in [-0.05, 0) is 54.3 Å². The number of rotatable bonds is 5. The summed E-state index contributed by atoms with van der Waals surface area (Å²) in [7, 11) is 0. The van der Waals surface area contributed by atoms with Crippen molar-refractivity contribution in [2.75, 3.05) is 6.61 Å². The lowest BCUT2D eigenvalue weighted by molar-refractivity contribution is -0.123. The molecule has 3 rings (SSSR count). The smallest absolute Gasteiger partial charge is 0.277 e. The van der Waals surface area contributed by atoms with Crippen molar-refractivity contribution < 1.29 is 14.6 Å². The van der Waals surface area contributed by atoms with E-state index in [0.717, 1.165) is 33.2 Å². The molecule has 0 spiro atoms. The lowest BCUT2D eigenvalue weighted by Crippen LogP contribution is -2.25. The number of fused-ring (bicyclic) bond motifs is 1. The first-order valence-corrected chi connectivity index (χ1v) is 8.69. The molecule has 3 aromatic carbocycles. The Hall–Kier alpha value is -3.34. The van der Waals surface area contributed by atoms with E-state index in [1.165, 1.54) is 6.21 Å². The minimum atomic E-state index is -0.369. The Bertz CT molecular complexity index is 1030. The highest BCUT2D eigenvalue weighted by molar-refractivity contribution is 6.02. The summed E-state index contributed by atoms with van der Waals surface area (Å²) in [5, 5.41) is 15.9. The molecule has 0 bridgehead atoms. The molecule has 0 fully saturated rings. The number of aryl methyl sites for hydroxylation is 2. The molecule has 0 radical (unpaired) electrons. The summed E-state index contributed by atoms with van der Waals surface area (Å²) in [6.45, 7) is 5.78. The monoisotopic (exact) mass is 362 g/mol. The van der Waals surface area contributed by atoms with Crippen molar-refractivity contribution in [2.45, 2.75) is 20.8 Å². The van der Waals surface area contributed by atoms with E-state index in [1.807, 2.05) is 63.2 Å². The summed E-state index contributed by atoms with van der Waals surface area (Å²) in [6, 6.07) is 15.1. The third-order valence-corrected chi connectivity index (χ3v) is 4.55. The fourth-order valence-electron chi connectivity index (χ4n) is 2.91. The summed E-state index contributed by atoms with van der Waals surface area (Å²) in [5.74, 6) is 0.459. The van der Waals surface area contributed by atoms with Gasteiger partial charge in [-0.15, -0.1) is 0 Å². The van der Waals surface area contributed by atoms with E-state index < -0.39 is 0 Å². The van der Waals surface area contributed by atoms with Crippen molar-refractivity contribution in [3.8, 4) is 11.5 Å². The quantitative estimate of drug-likeness (QED) is 0.532. The average molecular weight is 362 g/mol. The largest absolute Gasteiger partial charge is 0.507 e. The van der Waals surface area contributed by atoms with Crippen molar-refractivity contribution in [1.29, 1.82) is 0 Å². The van der Waals surface area contributed by atoms with Crippen molar-refractivity contribution in [3.63, 3.8) is 0 Å². The van der Waals surface area contributed by atoms with E-state index in [9.17, 15) is 9.90 Å². The Kier molecular flexibility index (Phi) is 5.41. The summed E-state index contributed by atoms with van der Waals surface area (Å²) < 4.78 is 5.67.